The topological polar surface area (TPSA) is 41.6 Å². The summed E-state index contributed by atoms with van der Waals surface area (Å²) in [5, 5.41) is 3.10. The number of carbonyl (C=O) groups excluding carboxylic acids is 1. The fourth-order valence-electron chi connectivity index (χ4n) is 2.66. The smallest absolute Gasteiger partial charge is 0.260 e. The molecule has 22 heavy (non-hydrogen) atoms. The van der Waals surface area contributed by atoms with E-state index in [1.54, 1.807) is 6.92 Å². The lowest BCUT2D eigenvalue weighted by Crippen LogP contribution is -2.47. The van der Waals surface area contributed by atoms with Crippen molar-refractivity contribution in [3.05, 3.63) is 29.8 Å². The molecule has 1 atom stereocenters. The quantitative estimate of drug-likeness (QED) is 0.909. The molecular formula is C18H28N2O2. The maximum atomic E-state index is 12.2. The van der Waals surface area contributed by atoms with E-state index in [0.717, 1.165) is 31.7 Å². The van der Waals surface area contributed by atoms with Crippen LogP contribution < -0.4 is 10.1 Å². The number of piperidine rings is 1. The predicted molar refractivity (Wildman–Crippen MR) is 89.3 cm³/mol. The first kappa shape index (κ1) is 16.8. The van der Waals surface area contributed by atoms with Crippen LogP contribution >= 0.6 is 0 Å². The molecule has 1 heterocycles. The van der Waals surface area contributed by atoms with Gasteiger partial charge in [0, 0.05) is 6.04 Å². The van der Waals surface area contributed by atoms with Gasteiger partial charge in [0.2, 0.25) is 0 Å². The van der Waals surface area contributed by atoms with Crippen LogP contribution in [0, 0.1) is 0 Å². The molecule has 0 aliphatic carbocycles. The number of rotatable bonds is 5. The summed E-state index contributed by atoms with van der Waals surface area (Å²) in [5.74, 6) is 1.22. The molecule has 1 fully saturated rings. The van der Waals surface area contributed by atoms with Crippen molar-refractivity contribution in [1.82, 2.24) is 10.2 Å². The van der Waals surface area contributed by atoms with Crippen molar-refractivity contribution in [2.75, 3.05) is 20.1 Å². The molecule has 1 aromatic rings. The number of hydrogen-bond acceptors (Lipinski definition) is 3. The van der Waals surface area contributed by atoms with E-state index >= 15 is 0 Å². The van der Waals surface area contributed by atoms with E-state index in [-0.39, 0.29) is 11.9 Å². The van der Waals surface area contributed by atoms with Crippen LogP contribution in [0.1, 0.15) is 45.1 Å². The van der Waals surface area contributed by atoms with Gasteiger partial charge in [0.25, 0.3) is 5.91 Å². The average Bonchev–Trinajstić information content (AvgIpc) is 2.50. The minimum atomic E-state index is -0.468. The second kappa shape index (κ2) is 7.63. The molecule has 0 aromatic heterocycles. The summed E-state index contributed by atoms with van der Waals surface area (Å²) in [4.78, 5) is 14.5. The first-order chi connectivity index (χ1) is 10.5. The van der Waals surface area contributed by atoms with E-state index in [1.165, 1.54) is 5.56 Å². The highest BCUT2D eigenvalue weighted by Gasteiger charge is 2.22. The van der Waals surface area contributed by atoms with Crippen LogP contribution in [0.2, 0.25) is 0 Å². The van der Waals surface area contributed by atoms with Gasteiger partial charge in [-0.05, 0) is 63.5 Å². The van der Waals surface area contributed by atoms with Crippen LogP contribution in [-0.4, -0.2) is 43.1 Å². The van der Waals surface area contributed by atoms with E-state index in [0.29, 0.717) is 5.92 Å². The summed E-state index contributed by atoms with van der Waals surface area (Å²) in [6.45, 7) is 8.20. The Labute approximate surface area is 133 Å². The van der Waals surface area contributed by atoms with Crippen LogP contribution in [-0.2, 0) is 4.79 Å². The minimum absolute atomic E-state index is 0.0255. The molecule has 0 radical (unpaired) electrons. The first-order valence-corrected chi connectivity index (χ1v) is 8.21. The van der Waals surface area contributed by atoms with Gasteiger partial charge in [0.15, 0.2) is 6.10 Å². The number of nitrogens with one attached hydrogen (secondary N) is 1. The highest BCUT2D eigenvalue weighted by Crippen LogP contribution is 2.19. The fraction of sp³-hybridized carbons (Fsp3) is 0.611. The van der Waals surface area contributed by atoms with Crippen molar-refractivity contribution in [1.29, 1.82) is 0 Å². The molecule has 122 valence electrons. The van der Waals surface area contributed by atoms with Gasteiger partial charge in [-0.15, -0.1) is 0 Å². The zero-order valence-electron chi connectivity index (χ0n) is 14.1. The lowest BCUT2D eigenvalue weighted by atomic mass is 10.0. The Morgan fingerprint density at radius 1 is 1.18 bits per heavy atom. The van der Waals surface area contributed by atoms with Gasteiger partial charge in [-0.2, -0.15) is 0 Å². The normalized spacial score (nSPS) is 18.2. The summed E-state index contributed by atoms with van der Waals surface area (Å²) in [5.41, 5.74) is 1.27. The second-order valence-electron chi connectivity index (χ2n) is 6.57. The van der Waals surface area contributed by atoms with E-state index in [1.807, 2.05) is 12.1 Å². The van der Waals surface area contributed by atoms with Gasteiger partial charge in [-0.1, -0.05) is 26.0 Å². The molecule has 0 bridgehead atoms. The van der Waals surface area contributed by atoms with Gasteiger partial charge in [0.05, 0.1) is 0 Å². The van der Waals surface area contributed by atoms with Crippen LogP contribution in [0.4, 0.5) is 0 Å². The molecule has 2 rings (SSSR count). The summed E-state index contributed by atoms with van der Waals surface area (Å²) < 4.78 is 5.75. The highest BCUT2D eigenvalue weighted by molar-refractivity contribution is 5.81. The number of nitrogens with zero attached hydrogens (tertiary/aromatic N) is 1. The molecule has 1 unspecified atom stereocenters. The SMILES string of the molecule is CC(Oc1ccc(C(C)C)cc1)C(=O)NC1CCN(C)CC1. The molecular weight excluding hydrogens is 276 g/mol. The standard InChI is InChI=1S/C18H28N2O2/c1-13(2)15-5-7-17(8-6-15)22-14(3)18(21)19-16-9-11-20(4)12-10-16/h5-8,13-14,16H,9-12H2,1-4H3,(H,19,21). The van der Waals surface area contributed by atoms with E-state index in [9.17, 15) is 4.79 Å². The number of carbonyl (C=O) groups is 1. The number of likely N-dealkylation sites (tertiary alicyclic amines) is 1. The van der Waals surface area contributed by atoms with Crippen molar-refractivity contribution in [2.45, 2.75) is 51.7 Å². The lowest BCUT2D eigenvalue weighted by Gasteiger charge is -2.30. The van der Waals surface area contributed by atoms with Crippen LogP contribution in [0.25, 0.3) is 0 Å². The Morgan fingerprint density at radius 3 is 2.32 bits per heavy atom. The molecule has 1 aliphatic heterocycles. The van der Waals surface area contributed by atoms with Gasteiger partial charge in [-0.3, -0.25) is 4.79 Å². The second-order valence-corrected chi connectivity index (χ2v) is 6.57. The summed E-state index contributed by atoms with van der Waals surface area (Å²) in [6.07, 6.45) is 1.56. The molecule has 1 saturated heterocycles. The third-order valence-electron chi connectivity index (χ3n) is 4.29. The Morgan fingerprint density at radius 2 is 1.77 bits per heavy atom. The lowest BCUT2D eigenvalue weighted by molar-refractivity contribution is -0.128. The largest absolute Gasteiger partial charge is 0.481 e. The zero-order chi connectivity index (χ0) is 16.1. The molecule has 1 amide bonds. The van der Waals surface area contributed by atoms with Crippen molar-refractivity contribution in [3.8, 4) is 5.75 Å². The van der Waals surface area contributed by atoms with Crippen LogP contribution in [0.5, 0.6) is 5.75 Å². The summed E-state index contributed by atoms with van der Waals surface area (Å²) >= 11 is 0. The number of hydrogen-bond donors (Lipinski definition) is 1. The van der Waals surface area contributed by atoms with E-state index in [4.69, 9.17) is 4.74 Å². The number of ether oxygens (including phenoxy) is 1. The molecule has 4 nitrogen and oxygen atoms in total. The highest BCUT2D eigenvalue weighted by atomic mass is 16.5. The predicted octanol–water partition coefficient (Wildman–Crippen LogP) is 2.79. The Bertz CT molecular complexity index is 476. The molecule has 0 saturated carbocycles. The average molecular weight is 304 g/mol. The van der Waals surface area contributed by atoms with Gasteiger partial charge >= 0.3 is 0 Å². The maximum Gasteiger partial charge on any atom is 0.260 e. The van der Waals surface area contributed by atoms with Gasteiger partial charge in [-0.25, -0.2) is 0 Å². The van der Waals surface area contributed by atoms with E-state index in [2.05, 4.69) is 43.2 Å². The Kier molecular flexibility index (Phi) is 5.83. The molecule has 1 aromatic carbocycles. The summed E-state index contributed by atoms with van der Waals surface area (Å²) in [7, 11) is 2.12. The fourth-order valence-corrected chi connectivity index (χ4v) is 2.66. The molecule has 1 aliphatic rings. The van der Waals surface area contributed by atoms with Crippen LogP contribution in [0.15, 0.2) is 24.3 Å². The van der Waals surface area contributed by atoms with E-state index < -0.39 is 6.10 Å². The molecule has 4 heteroatoms. The van der Waals surface area contributed by atoms with Crippen molar-refractivity contribution in [3.63, 3.8) is 0 Å². The minimum Gasteiger partial charge on any atom is -0.481 e. The summed E-state index contributed by atoms with van der Waals surface area (Å²) in [6, 6.07) is 8.27. The third-order valence-corrected chi connectivity index (χ3v) is 4.29. The van der Waals surface area contributed by atoms with Crippen molar-refractivity contribution in [2.24, 2.45) is 0 Å². The van der Waals surface area contributed by atoms with Crippen molar-refractivity contribution < 1.29 is 9.53 Å². The maximum absolute atomic E-state index is 12.2. The van der Waals surface area contributed by atoms with Gasteiger partial charge in [0.1, 0.15) is 5.75 Å². The van der Waals surface area contributed by atoms with Crippen molar-refractivity contribution >= 4 is 5.91 Å². The number of amides is 1. The monoisotopic (exact) mass is 304 g/mol. The molecule has 1 N–H and O–H groups in total. The Balaban J connectivity index is 1.83. The van der Waals surface area contributed by atoms with Gasteiger partial charge < -0.3 is 15.0 Å². The zero-order valence-corrected chi connectivity index (χ0v) is 14.1. The molecule has 0 spiro atoms. The Hall–Kier alpha value is -1.55. The van der Waals surface area contributed by atoms with Crippen LogP contribution in [0.3, 0.4) is 0 Å². The number of benzene rings is 1. The first-order valence-electron chi connectivity index (χ1n) is 8.21. The third kappa shape index (κ3) is 4.73.